The first kappa shape index (κ1) is 15.3. The molecule has 0 saturated heterocycles. The van der Waals surface area contributed by atoms with Gasteiger partial charge >= 0.3 is 0 Å². The standard InChI is InChI=1S/C15H24ClNO/c1-11(2)8-17(9-12(3)4)10-13-6-5-7-14(16)15(13)18/h5-7,11-12,18H,8-10H2,1-4H3. The molecule has 0 spiro atoms. The number of hydrogen-bond donors (Lipinski definition) is 1. The molecule has 0 aliphatic heterocycles. The number of phenolic OH excluding ortho intramolecular Hbond substituents is 1. The van der Waals surface area contributed by atoms with Crippen molar-refractivity contribution in [1.82, 2.24) is 4.90 Å². The number of phenols is 1. The van der Waals surface area contributed by atoms with Crippen LogP contribution in [0.3, 0.4) is 0 Å². The minimum atomic E-state index is 0.219. The molecule has 2 nitrogen and oxygen atoms in total. The zero-order valence-electron chi connectivity index (χ0n) is 11.8. The molecule has 1 rings (SSSR count). The number of aromatic hydroxyl groups is 1. The molecule has 102 valence electrons. The molecule has 0 atom stereocenters. The first-order valence-electron chi connectivity index (χ1n) is 6.58. The van der Waals surface area contributed by atoms with Gasteiger partial charge in [0.1, 0.15) is 5.75 Å². The predicted molar refractivity (Wildman–Crippen MR) is 78.1 cm³/mol. The van der Waals surface area contributed by atoms with Crippen molar-refractivity contribution in [2.75, 3.05) is 13.1 Å². The van der Waals surface area contributed by atoms with Crippen LogP contribution in [0.4, 0.5) is 0 Å². The number of hydrogen-bond acceptors (Lipinski definition) is 2. The summed E-state index contributed by atoms with van der Waals surface area (Å²) in [6, 6.07) is 5.55. The summed E-state index contributed by atoms with van der Waals surface area (Å²) < 4.78 is 0. The molecule has 0 heterocycles. The molecule has 18 heavy (non-hydrogen) atoms. The lowest BCUT2D eigenvalue weighted by molar-refractivity contribution is 0.209. The third-order valence-corrected chi connectivity index (χ3v) is 3.02. The summed E-state index contributed by atoms with van der Waals surface area (Å²) in [5.41, 5.74) is 0.906. The largest absolute Gasteiger partial charge is 0.506 e. The van der Waals surface area contributed by atoms with Crippen LogP contribution < -0.4 is 0 Å². The molecule has 0 fully saturated rings. The fourth-order valence-electron chi connectivity index (χ4n) is 2.16. The second kappa shape index (κ2) is 7.01. The van der Waals surface area contributed by atoms with Crippen molar-refractivity contribution in [2.45, 2.75) is 34.2 Å². The Balaban J connectivity index is 2.78. The van der Waals surface area contributed by atoms with Crippen molar-refractivity contribution < 1.29 is 5.11 Å². The molecular weight excluding hydrogens is 246 g/mol. The molecule has 3 heteroatoms. The van der Waals surface area contributed by atoms with Crippen LogP contribution in [-0.4, -0.2) is 23.1 Å². The van der Waals surface area contributed by atoms with Crippen molar-refractivity contribution in [1.29, 1.82) is 0 Å². The summed E-state index contributed by atoms with van der Waals surface area (Å²) in [7, 11) is 0. The fourth-order valence-corrected chi connectivity index (χ4v) is 2.36. The Morgan fingerprint density at radius 1 is 1.11 bits per heavy atom. The fraction of sp³-hybridized carbons (Fsp3) is 0.600. The normalized spacial score (nSPS) is 11.8. The predicted octanol–water partition coefficient (Wildman–Crippen LogP) is 4.16. The van der Waals surface area contributed by atoms with Crippen molar-refractivity contribution in [3.05, 3.63) is 28.8 Å². The molecule has 1 N–H and O–H groups in total. The van der Waals surface area contributed by atoms with E-state index in [-0.39, 0.29) is 5.75 Å². The van der Waals surface area contributed by atoms with Crippen LogP contribution in [-0.2, 0) is 6.54 Å². The first-order valence-corrected chi connectivity index (χ1v) is 6.96. The highest BCUT2D eigenvalue weighted by atomic mass is 35.5. The van der Waals surface area contributed by atoms with Crippen LogP contribution in [0.25, 0.3) is 0 Å². The van der Waals surface area contributed by atoms with E-state index in [1.807, 2.05) is 12.1 Å². The van der Waals surface area contributed by atoms with Crippen LogP contribution in [0, 0.1) is 11.8 Å². The smallest absolute Gasteiger partial charge is 0.138 e. The van der Waals surface area contributed by atoms with E-state index in [9.17, 15) is 5.11 Å². The molecule has 0 aliphatic rings. The van der Waals surface area contributed by atoms with Crippen LogP contribution >= 0.6 is 11.6 Å². The Kier molecular flexibility index (Phi) is 5.97. The number of rotatable bonds is 6. The van der Waals surface area contributed by atoms with E-state index >= 15 is 0 Å². The Hall–Kier alpha value is -0.730. The molecule has 0 bridgehead atoms. The number of nitrogens with zero attached hydrogens (tertiary/aromatic N) is 1. The van der Waals surface area contributed by atoms with Crippen LogP contribution in [0.5, 0.6) is 5.75 Å². The monoisotopic (exact) mass is 269 g/mol. The Bertz CT molecular complexity index is 367. The maximum atomic E-state index is 9.96. The molecular formula is C15H24ClNO. The minimum Gasteiger partial charge on any atom is -0.506 e. The third kappa shape index (κ3) is 4.87. The van der Waals surface area contributed by atoms with E-state index in [1.54, 1.807) is 6.07 Å². The van der Waals surface area contributed by atoms with E-state index < -0.39 is 0 Å². The summed E-state index contributed by atoms with van der Waals surface area (Å²) in [6.45, 7) is 11.7. The quantitative estimate of drug-likeness (QED) is 0.838. The van der Waals surface area contributed by atoms with Gasteiger partial charge in [-0.3, -0.25) is 4.90 Å². The Labute approximate surface area is 116 Å². The van der Waals surface area contributed by atoms with Crippen molar-refractivity contribution in [3.8, 4) is 5.75 Å². The lowest BCUT2D eigenvalue weighted by atomic mass is 10.1. The maximum Gasteiger partial charge on any atom is 0.138 e. The topological polar surface area (TPSA) is 23.5 Å². The van der Waals surface area contributed by atoms with E-state index in [0.717, 1.165) is 25.2 Å². The van der Waals surface area contributed by atoms with Crippen LogP contribution in [0.15, 0.2) is 18.2 Å². The zero-order chi connectivity index (χ0) is 13.7. The van der Waals surface area contributed by atoms with Crippen molar-refractivity contribution in [3.63, 3.8) is 0 Å². The van der Waals surface area contributed by atoms with Gasteiger partial charge in [0.25, 0.3) is 0 Å². The third-order valence-electron chi connectivity index (χ3n) is 2.71. The SMILES string of the molecule is CC(C)CN(Cc1cccc(Cl)c1O)CC(C)C. The van der Waals surface area contributed by atoms with Crippen molar-refractivity contribution in [2.24, 2.45) is 11.8 Å². The summed E-state index contributed by atoms with van der Waals surface area (Å²) in [4.78, 5) is 2.38. The van der Waals surface area contributed by atoms with Gasteiger partial charge in [-0.2, -0.15) is 0 Å². The van der Waals surface area contributed by atoms with Crippen LogP contribution in [0.1, 0.15) is 33.3 Å². The molecule has 0 unspecified atom stereocenters. The van der Waals surface area contributed by atoms with Gasteiger partial charge in [-0.1, -0.05) is 51.4 Å². The van der Waals surface area contributed by atoms with Gasteiger partial charge in [0.05, 0.1) is 5.02 Å². The van der Waals surface area contributed by atoms with Gasteiger partial charge in [0, 0.05) is 25.2 Å². The average molecular weight is 270 g/mol. The van der Waals surface area contributed by atoms with Gasteiger partial charge in [0.15, 0.2) is 0 Å². The lowest BCUT2D eigenvalue weighted by Gasteiger charge is -2.26. The van der Waals surface area contributed by atoms with Crippen molar-refractivity contribution >= 4 is 11.6 Å². The molecule has 0 radical (unpaired) electrons. The summed E-state index contributed by atoms with van der Waals surface area (Å²) in [5.74, 6) is 1.45. The number of halogens is 1. The molecule has 0 aromatic heterocycles. The number of benzene rings is 1. The minimum absolute atomic E-state index is 0.219. The van der Waals surface area contributed by atoms with E-state index in [0.29, 0.717) is 16.9 Å². The molecule has 0 aliphatic carbocycles. The second-order valence-corrected chi connectivity index (χ2v) is 6.14. The Morgan fingerprint density at radius 2 is 1.67 bits per heavy atom. The van der Waals surface area contributed by atoms with E-state index in [4.69, 9.17) is 11.6 Å². The average Bonchev–Trinajstić information content (AvgIpc) is 2.23. The Morgan fingerprint density at radius 3 is 2.17 bits per heavy atom. The van der Waals surface area contributed by atoms with Gasteiger partial charge in [-0.15, -0.1) is 0 Å². The van der Waals surface area contributed by atoms with Gasteiger partial charge in [0.2, 0.25) is 0 Å². The summed E-state index contributed by atoms with van der Waals surface area (Å²) in [6.07, 6.45) is 0. The van der Waals surface area contributed by atoms with Crippen LogP contribution in [0.2, 0.25) is 5.02 Å². The van der Waals surface area contributed by atoms with Gasteiger partial charge in [-0.25, -0.2) is 0 Å². The van der Waals surface area contributed by atoms with E-state index in [1.165, 1.54) is 0 Å². The zero-order valence-corrected chi connectivity index (χ0v) is 12.5. The molecule has 1 aromatic carbocycles. The highest BCUT2D eigenvalue weighted by Gasteiger charge is 2.13. The maximum absolute atomic E-state index is 9.96. The van der Waals surface area contributed by atoms with Gasteiger partial charge < -0.3 is 5.11 Å². The van der Waals surface area contributed by atoms with Gasteiger partial charge in [-0.05, 0) is 17.9 Å². The lowest BCUT2D eigenvalue weighted by Crippen LogP contribution is -2.30. The highest BCUT2D eigenvalue weighted by molar-refractivity contribution is 6.32. The summed E-state index contributed by atoms with van der Waals surface area (Å²) >= 11 is 5.94. The molecule has 0 amide bonds. The van der Waals surface area contributed by atoms with E-state index in [2.05, 4.69) is 32.6 Å². The first-order chi connectivity index (χ1) is 8.40. The summed E-state index contributed by atoms with van der Waals surface area (Å²) in [5, 5.41) is 10.4. The molecule has 1 aromatic rings. The highest BCUT2D eigenvalue weighted by Crippen LogP contribution is 2.28. The molecule has 0 saturated carbocycles. The number of para-hydroxylation sites is 1. The second-order valence-electron chi connectivity index (χ2n) is 5.73.